The number of benzene rings is 1. The minimum absolute atomic E-state index is 0.0664. The van der Waals surface area contributed by atoms with Crippen molar-refractivity contribution in [1.29, 1.82) is 0 Å². The first-order valence-corrected chi connectivity index (χ1v) is 10.5. The van der Waals surface area contributed by atoms with Crippen LogP contribution < -0.4 is 4.72 Å². The monoisotopic (exact) mass is 442 g/mol. The molecule has 0 amide bonds. The molecule has 2 heterocycles. The maximum atomic E-state index is 12.5. The topological polar surface area (TPSA) is 99.3 Å². The van der Waals surface area contributed by atoms with E-state index in [9.17, 15) is 18.3 Å². The van der Waals surface area contributed by atoms with E-state index in [1.54, 1.807) is 19.2 Å². The number of carboxylic acid groups (broad SMARTS) is 1. The molecule has 132 valence electrons. The molecule has 0 saturated heterocycles. The average Bonchev–Trinajstić information content (AvgIpc) is 3.18. The van der Waals surface area contributed by atoms with Crippen molar-refractivity contribution >= 4 is 54.2 Å². The lowest BCUT2D eigenvalue weighted by Gasteiger charge is -2.21. The van der Waals surface area contributed by atoms with Crippen LogP contribution in [0.4, 0.5) is 0 Å². The number of para-hydroxylation sites is 1. The van der Waals surface area contributed by atoms with Gasteiger partial charge in [-0.2, -0.15) is 4.72 Å². The molecule has 2 aromatic heterocycles. The summed E-state index contributed by atoms with van der Waals surface area (Å²) in [5.74, 6) is -1.79. The summed E-state index contributed by atoms with van der Waals surface area (Å²) in [4.78, 5) is 14.8. The summed E-state index contributed by atoms with van der Waals surface area (Å²) in [5, 5.41) is 10.5. The summed E-state index contributed by atoms with van der Waals surface area (Å²) in [6.45, 7) is 1.70. The van der Waals surface area contributed by atoms with Gasteiger partial charge in [0.05, 0.1) is 3.79 Å². The van der Waals surface area contributed by atoms with Crippen molar-refractivity contribution < 1.29 is 18.3 Å². The molecule has 3 N–H and O–H groups in total. The van der Waals surface area contributed by atoms with Crippen LogP contribution in [0.25, 0.3) is 10.9 Å². The van der Waals surface area contributed by atoms with Crippen LogP contribution in [0.15, 0.2) is 50.6 Å². The van der Waals surface area contributed by atoms with Gasteiger partial charge in [-0.25, -0.2) is 8.42 Å². The highest BCUT2D eigenvalue weighted by Gasteiger charge is 2.32. The number of fused-ring (bicyclic) bond motifs is 1. The second-order valence-electron chi connectivity index (χ2n) is 5.57. The second-order valence-corrected chi connectivity index (χ2v) is 9.98. The summed E-state index contributed by atoms with van der Waals surface area (Å²) in [5.41, 5.74) is 1.62. The van der Waals surface area contributed by atoms with Gasteiger partial charge in [0, 0.05) is 23.0 Å². The molecule has 0 unspecified atom stereocenters. The van der Waals surface area contributed by atoms with Crippen molar-refractivity contribution in [3.05, 3.63) is 51.9 Å². The molecule has 2 atom stereocenters. The number of carbonyl (C=O) groups is 1. The Labute approximate surface area is 157 Å². The van der Waals surface area contributed by atoms with E-state index in [0.29, 0.717) is 3.79 Å². The van der Waals surface area contributed by atoms with Gasteiger partial charge in [-0.05, 0) is 39.7 Å². The Hall–Kier alpha value is -1.68. The number of rotatable bonds is 6. The molecule has 1 aromatic carbocycles. The van der Waals surface area contributed by atoms with Crippen molar-refractivity contribution in [3.8, 4) is 0 Å². The van der Waals surface area contributed by atoms with Crippen molar-refractivity contribution in [2.24, 2.45) is 0 Å². The molecule has 0 aliphatic carbocycles. The Bertz CT molecular complexity index is 1030. The standard InChI is InChI=1S/C16H15BrN2O4S2/c1-9(11-8-18-12-5-3-2-4-10(11)12)15(16(20)21)19-25(22,23)14-7-6-13(17)24-14/h2-9,15,18-19H,1H3,(H,20,21)/t9-,15+/m1/s1. The lowest BCUT2D eigenvalue weighted by atomic mass is 9.93. The highest BCUT2D eigenvalue weighted by Crippen LogP contribution is 2.30. The van der Waals surface area contributed by atoms with Crippen molar-refractivity contribution in [1.82, 2.24) is 9.71 Å². The van der Waals surface area contributed by atoms with Gasteiger partial charge in [-0.1, -0.05) is 25.1 Å². The smallest absolute Gasteiger partial charge is 0.322 e. The Morgan fingerprint density at radius 3 is 2.64 bits per heavy atom. The maximum absolute atomic E-state index is 12.5. The first-order chi connectivity index (χ1) is 11.8. The molecule has 3 aromatic rings. The molecule has 0 fully saturated rings. The number of halogens is 1. The Morgan fingerprint density at radius 1 is 1.28 bits per heavy atom. The third-order valence-corrected chi connectivity index (χ3v) is 7.53. The Balaban J connectivity index is 1.95. The number of thiophene rings is 1. The highest BCUT2D eigenvalue weighted by molar-refractivity contribution is 9.11. The van der Waals surface area contributed by atoms with Crippen molar-refractivity contribution in [3.63, 3.8) is 0 Å². The molecule has 0 aliphatic rings. The second kappa shape index (κ2) is 6.91. The van der Waals surface area contributed by atoms with Gasteiger partial charge in [0.1, 0.15) is 10.3 Å². The molecular weight excluding hydrogens is 428 g/mol. The van der Waals surface area contributed by atoms with Crippen LogP contribution in [-0.4, -0.2) is 30.5 Å². The normalized spacial score (nSPS) is 14.5. The van der Waals surface area contributed by atoms with Crippen molar-refractivity contribution in [2.75, 3.05) is 0 Å². The number of aliphatic carboxylic acids is 1. The average molecular weight is 443 g/mol. The van der Waals surface area contributed by atoms with Crippen LogP contribution in [0.2, 0.25) is 0 Å². The zero-order valence-electron chi connectivity index (χ0n) is 13.1. The van der Waals surface area contributed by atoms with E-state index in [0.717, 1.165) is 27.8 Å². The van der Waals surface area contributed by atoms with Gasteiger partial charge in [0.15, 0.2) is 0 Å². The molecule has 0 spiro atoms. The molecule has 0 aliphatic heterocycles. The summed E-state index contributed by atoms with van der Waals surface area (Å²) in [6, 6.07) is 9.25. The first-order valence-electron chi connectivity index (χ1n) is 7.36. The van der Waals surface area contributed by atoms with Crippen LogP contribution in [0.1, 0.15) is 18.4 Å². The highest BCUT2D eigenvalue weighted by atomic mass is 79.9. The summed E-state index contributed by atoms with van der Waals surface area (Å²) >= 11 is 4.24. The molecule has 25 heavy (non-hydrogen) atoms. The summed E-state index contributed by atoms with van der Waals surface area (Å²) < 4.78 is 28.1. The van der Waals surface area contributed by atoms with E-state index in [2.05, 4.69) is 25.6 Å². The number of nitrogens with one attached hydrogen (secondary N) is 2. The van der Waals surface area contributed by atoms with Gasteiger partial charge in [-0.15, -0.1) is 11.3 Å². The van der Waals surface area contributed by atoms with Crippen LogP contribution in [0.5, 0.6) is 0 Å². The van der Waals surface area contributed by atoms with E-state index in [1.165, 1.54) is 6.07 Å². The summed E-state index contributed by atoms with van der Waals surface area (Å²) in [7, 11) is -3.93. The van der Waals surface area contributed by atoms with E-state index < -0.39 is 28.0 Å². The predicted molar refractivity (Wildman–Crippen MR) is 100 cm³/mol. The molecule has 3 rings (SSSR count). The van der Waals surface area contributed by atoms with E-state index in [4.69, 9.17) is 0 Å². The number of H-pyrrole nitrogens is 1. The van der Waals surface area contributed by atoms with E-state index in [-0.39, 0.29) is 4.21 Å². The summed E-state index contributed by atoms with van der Waals surface area (Å²) in [6.07, 6.45) is 1.72. The van der Waals surface area contributed by atoms with Gasteiger partial charge >= 0.3 is 5.97 Å². The largest absolute Gasteiger partial charge is 0.480 e. The van der Waals surface area contributed by atoms with Crippen molar-refractivity contribution in [2.45, 2.75) is 23.1 Å². The Kier molecular flexibility index (Phi) is 5.01. The molecular formula is C16H15BrN2O4S2. The molecule has 0 radical (unpaired) electrons. The fourth-order valence-electron chi connectivity index (χ4n) is 2.68. The zero-order valence-corrected chi connectivity index (χ0v) is 16.3. The van der Waals surface area contributed by atoms with Crippen LogP contribution in [-0.2, 0) is 14.8 Å². The third kappa shape index (κ3) is 3.64. The fraction of sp³-hybridized carbons (Fsp3) is 0.188. The number of hydrogen-bond donors (Lipinski definition) is 3. The predicted octanol–water partition coefficient (Wildman–Crippen LogP) is 3.53. The number of aromatic amines is 1. The quantitative estimate of drug-likeness (QED) is 0.543. The number of sulfonamides is 1. The molecule has 0 bridgehead atoms. The van der Waals surface area contributed by atoms with Gasteiger partial charge < -0.3 is 10.1 Å². The van der Waals surface area contributed by atoms with Crippen LogP contribution in [0, 0.1) is 0 Å². The molecule has 9 heteroatoms. The fourth-order valence-corrected chi connectivity index (χ4v) is 5.98. The first kappa shape index (κ1) is 18.1. The van der Waals surface area contributed by atoms with Crippen LogP contribution in [0.3, 0.4) is 0 Å². The maximum Gasteiger partial charge on any atom is 0.322 e. The lowest BCUT2D eigenvalue weighted by molar-refractivity contribution is -0.139. The van der Waals surface area contributed by atoms with Crippen LogP contribution >= 0.6 is 27.3 Å². The van der Waals surface area contributed by atoms with E-state index >= 15 is 0 Å². The Morgan fingerprint density at radius 2 is 2.00 bits per heavy atom. The minimum atomic E-state index is -3.93. The lowest BCUT2D eigenvalue weighted by Crippen LogP contribution is -2.43. The third-order valence-electron chi connectivity index (χ3n) is 3.97. The zero-order chi connectivity index (χ0) is 18.2. The SMILES string of the molecule is C[C@H](c1c[nH]c2ccccc12)[C@H](NS(=O)(=O)c1ccc(Br)s1)C(=O)O. The van der Waals surface area contributed by atoms with Gasteiger partial charge in [0.25, 0.3) is 10.0 Å². The number of carboxylic acids is 1. The van der Waals surface area contributed by atoms with Gasteiger partial charge in [-0.3, -0.25) is 4.79 Å². The minimum Gasteiger partial charge on any atom is -0.480 e. The number of aromatic nitrogens is 1. The molecule has 0 saturated carbocycles. The van der Waals surface area contributed by atoms with E-state index in [1.807, 2.05) is 24.3 Å². The number of hydrogen-bond acceptors (Lipinski definition) is 4. The molecule has 6 nitrogen and oxygen atoms in total. The van der Waals surface area contributed by atoms with Gasteiger partial charge in [0.2, 0.25) is 0 Å².